The van der Waals surface area contributed by atoms with Crippen LogP contribution in [0, 0.1) is 0 Å². The minimum absolute atomic E-state index is 0.0921. The smallest absolute Gasteiger partial charge is 0.262 e. The maximum Gasteiger partial charge on any atom is 0.262 e. The number of nitrogens with zero attached hydrogens (tertiary/aromatic N) is 3. The highest BCUT2D eigenvalue weighted by Crippen LogP contribution is 2.45. The Labute approximate surface area is 224 Å². The van der Waals surface area contributed by atoms with Crippen molar-refractivity contribution in [2.24, 2.45) is 12.2 Å². The average Bonchev–Trinajstić information content (AvgIpc) is 3.53. The van der Waals surface area contributed by atoms with Gasteiger partial charge in [-0.2, -0.15) is 5.10 Å². The number of methoxy groups -OCH3 is 1. The van der Waals surface area contributed by atoms with E-state index in [1.807, 2.05) is 55.6 Å². The van der Waals surface area contributed by atoms with Crippen LogP contribution >= 0.6 is 23.1 Å². The molecule has 7 nitrogen and oxygen atoms in total. The fourth-order valence-corrected chi connectivity index (χ4v) is 7.16. The molecule has 190 valence electrons. The first-order valence-corrected chi connectivity index (χ1v) is 13.8. The summed E-state index contributed by atoms with van der Waals surface area (Å²) in [6, 6.07) is 20.1. The van der Waals surface area contributed by atoms with Crippen LogP contribution in [0.25, 0.3) is 0 Å². The van der Waals surface area contributed by atoms with Crippen LogP contribution in [-0.2, 0) is 25.8 Å². The van der Waals surface area contributed by atoms with Gasteiger partial charge in [-0.15, -0.1) is 23.1 Å². The van der Waals surface area contributed by atoms with Crippen LogP contribution in [0.4, 0.5) is 0 Å². The second kappa shape index (κ2) is 11.2. The van der Waals surface area contributed by atoms with Crippen LogP contribution in [0.15, 0.2) is 76.2 Å². The molecule has 1 unspecified atom stereocenters. The number of hydrogen-bond donors (Lipinski definition) is 2. The van der Waals surface area contributed by atoms with Crippen molar-refractivity contribution in [3.05, 3.63) is 99.7 Å². The van der Waals surface area contributed by atoms with Gasteiger partial charge in [-0.05, 0) is 47.2 Å². The van der Waals surface area contributed by atoms with E-state index in [1.54, 1.807) is 29.8 Å². The lowest BCUT2D eigenvalue weighted by Crippen LogP contribution is -2.26. The van der Waals surface area contributed by atoms with E-state index >= 15 is 0 Å². The molecule has 1 atom stereocenters. The molecule has 37 heavy (non-hydrogen) atoms. The molecule has 1 aliphatic carbocycles. The molecule has 2 N–H and O–H groups in total. The van der Waals surface area contributed by atoms with Gasteiger partial charge >= 0.3 is 0 Å². The Morgan fingerprint density at radius 2 is 1.97 bits per heavy atom. The van der Waals surface area contributed by atoms with Crippen molar-refractivity contribution in [1.82, 2.24) is 15.1 Å². The molecule has 2 aromatic heterocycles. The van der Waals surface area contributed by atoms with E-state index in [9.17, 15) is 10.0 Å². The molecule has 0 aliphatic heterocycles. The standard InChI is InChI=1S/C28H28N4O3S2/c1-32-21(12-13-30-32)16-29-27(33)26-23-14-20(19-8-10-22(35-2)11-9-19)15-24(31-34)25(23)28(37-26)36-17-18-6-4-3-5-7-18/h3-13,20,34H,14-17H2,1-2H3,(H,29,33)/b31-24+. The molecule has 0 saturated carbocycles. The highest BCUT2D eigenvalue weighted by molar-refractivity contribution is 8.00. The van der Waals surface area contributed by atoms with Crippen molar-refractivity contribution in [1.29, 1.82) is 0 Å². The van der Waals surface area contributed by atoms with Gasteiger partial charge in [-0.1, -0.05) is 47.6 Å². The summed E-state index contributed by atoms with van der Waals surface area (Å²) < 4.78 is 8.07. The fourth-order valence-electron chi connectivity index (χ4n) is 4.62. The van der Waals surface area contributed by atoms with Gasteiger partial charge in [0.2, 0.25) is 0 Å². The van der Waals surface area contributed by atoms with Crippen molar-refractivity contribution >= 4 is 34.7 Å². The number of rotatable bonds is 8. The minimum atomic E-state index is -0.123. The summed E-state index contributed by atoms with van der Waals surface area (Å²) in [6.07, 6.45) is 3.01. The molecular weight excluding hydrogens is 504 g/mol. The predicted molar refractivity (Wildman–Crippen MR) is 147 cm³/mol. The van der Waals surface area contributed by atoms with E-state index < -0.39 is 0 Å². The minimum Gasteiger partial charge on any atom is -0.497 e. The summed E-state index contributed by atoms with van der Waals surface area (Å²) in [5.41, 5.74) is 5.72. The Morgan fingerprint density at radius 1 is 1.19 bits per heavy atom. The summed E-state index contributed by atoms with van der Waals surface area (Å²) >= 11 is 3.16. The first kappa shape index (κ1) is 25.1. The molecule has 1 amide bonds. The second-order valence-corrected chi connectivity index (χ2v) is 11.2. The van der Waals surface area contributed by atoms with Crippen molar-refractivity contribution in [2.45, 2.75) is 35.3 Å². The number of carbonyl (C=O) groups is 1. The van der Waals surface area contributed by atoms with Crippen molar-refractivity contribution < 1.29 is 14.7 Å². The van der Waals surface area contributed by atoms with E-state index in [-0.39, 0.29) is 11.8 Å². The normalized spacial score (nSPS) is 15.9. The number of hydrogen-bond acceptors (Lipinski definition) is 7. The summed E-state index contributed by atoms with van der Waals surface area (Å²) in [6.45, 7) is 0.386. The molecular formula is C28H28N4O3S2. The first-order valence-electron chi connectivity index (χ1n) is 12.0. The lowest BCUT2D eigenvalue weighted by atomic mass is 9.80. The zero-order valence-electron chi connectivity index (χ0n) is 20.7. The lowest BCUT2D eigenvalue weighted by Gasteiger charge is -2.25. The molecule has 1 aliphatic rings. The molecule has 9 heteroatoms. The van der Waals surface area contributed by atoms with Crippen LogP contribution < -0.4 is 10.1 Å². The average molecular weight is 533 g/mol. The fraction of sp³-hybridized carbons (Fsp3) is 0.250. The molecule has 5 rings (SSSR count). The molecule has 4 aromatic rings. The number of amides is 1. The maximum absolute atomic E-state index is 13.5. The van der Waals surface area contributed by atoms with Crippen LogP contribution in [0.3, 0.4) is 0 Å². The molecule has 0 saturated heterocycles. The number of aromatic nitrogens is 2. The monoisotopic (exact) mass is 532 g/mol. The van der Waals surface area contributed by atoms with E-state index in [0.29, 0.717) is 30.0 Å². The Kier molecular flexibility index (Phi) is 7.62. The zero-order valence-corrected chi connectivity index (χ0v) is 22.3. The molecule has 2 heterocycles. The number of nitrogens with one attached hydrogen (secondary N) is 1. The third-order valence-electron chi connectivity index (χ3n) is 6.63. The molecule has 0 bridgehead atoms. The zero-order chi connectivity index (χ0) is 25.8. The van der Waals surface area contributed by atoms with Crippen LogP contribution in [0.2, 0.25) is 0 Å². The highest BCUT2D eigenvalue weighted by Gasteiger charge is 2.34. The topological polar surface area (TPSA) is 88.7 Å². The number of oxime groups is 1. The number of benzene rings is 2. The third kappa shape index (κ3) is 5.42. The van der Waals surface area contributed by atoms with Gasteiger partial charge < -0.3 is 15.3 Å². The summed E-state index contributed by atoms with van der Waals surface area (Å²) in [7, 11) is 3.51. The number of ether oxygens (including phenoxy) is 1. The largest absolute Gasteiger partial charge is 0.497 e. The first-order chi connectivity index (χ1) is 18.1. The quantitative estimate of drug-likeness (QED) is 0.175. The third-order valence-corrected chi connectivity index (χ3v) is 9.21. The van der Waals surface area contributed by atoms with Gasteiger partial charge in [0.25, 0.3) is 5.91 Å². The number of thioether (sulfide) groups is 1. The Morgan fingerprint density at radius 3 is 2.65 bits per heavy atom. The SMILES string of the molecule is COc1ccc(C2C/C(=N\O)c3c(SCc4ccccc4)sc(C(=O)NCc4ccnn4C)c3C2)cc1. The summed E-state index contributed by atoms with van der Waals surface area (Å²) in [4.78, 5) is 14.1. The molecule has 2 aromatic carbocycles. The Bertz CT molecular complexity index is 1410. The Hall–Kier alpha value is -3.56. The molecule has 0 fully saturated rings. The molecule has 0 radical (unpaired) electrons. The van der Waals surface area contributed by atoms with Crippen LogP contribution in [0.5, 0.6) is 5.75 Å². The molecule has 0 spiro atoms. The number of carbonyl (C=O) groups excluding carboxylic acids is 1. The predicted octanol–water partition coefficient (Wildman–Crippen LogP) is 5.62. The van der Waals surface area contributed by atoms with E-state index in [0.717, 1.165) is 38.1 Å². The summed E-state index contributed by atoms with van der Waals surface area (Å²) in [5.74, 6) is 1.53. The number of fused-ring (bicyclic) bond motifs is 1. The maximum atomic E-state index is 13.5. The van der Waals surface area contributed by atoms with E-state index in [2.05, 4.69) is 27.7 Å². The van der Waals surface area contributed by atoms with Crippen LogP contribution in [-0.4, -0.2) is 33.7 Å². The second-order valence-electron chi connectivity index (χ2n) is 8.90. The lowest BCUT2D eigenvalue weighted by molar-refractivity contribution is 0.0953. The van der Waals surface area contributed by atoms with Gasteiger partial charge in [0, 0.05) is 31.0 Å². The van der Waals surface area contributed by atoms with Gasteiger partial charge in [0.05, 0.1) is 34.1 Å². The van der Waals surface area contributed by atoms with Gasteiger partial charge in [-0.25, -0.2) is 0 Å². The van der Waals surface area contributed by atoms with Crippen LogP contribution in [0.1, 0.15) is 50.0 Å². The van der Waals surface area contributed by atoms with Crippen molar-refractivity contribution in [3.63, 3.8) is 0 Å². The number of thiophene rings is 1. The Balaban J connectivity index is 1.48. The van der Waals surface area contributed by atoms with E-state index in [1.165, 1.54) is 16.9 Å². The van der Waals surface area contributed by atoms with Crippen molar-refractivity contribution in [3.8, 4) is 5.75 Å². The van der Waals surface area contributed by atoms with E-state index in [4.69, 9.17) is 4.74 Å². The van der Waals surface area contributed by atoms with Crippen molar-refractivity contribution in [2.75, 3.05) is 7.11 Å². The number of aryl methyl sites for hydroxylation is 1. The highest BCUT2D eigenvalue weighted by atomic mass is 32.2. The van der Waals surface area contributed by atoms with Gasteiger partial charge in [0.1, 0.15) is 5.75 Å². The van der Waals surface area contributed by atoms with Gasteiger partial charge in [0.15, 0.2) is 0 Å². The van der Waals surface area contributed by atoms with Gasteiger partial charge in [-0.3, -0.25) is 9.48 Å². The summed E-state index contributed by atoms with van der Waals surface area (Å²) in [5, 5.41) is 21.0.